The van der Waals surface area contributed by atoms with Gasteiger partial charge in [0.15, 0.2) is 0 Å². The zero-order chi connectivity index (χ0) is 18.5. The second kappa shape index (κ2) is 7.90. The lowest BCUT2D eigenvalue weighted by molar-refractivity contribution is 0.476. The van der Waals surface area contributed by atoms with Crippen LogP contribution in [0.25, 0.3) is 10.8 Å². The summed E-state index contributed by atoms with van der Waals surface area (Å²) in [4.78, 5) is -1.38. The Bertz CT molecular complexity index is 920. The van der Waals surface area contributed by atoms with Crippen molar-refractivity contribution in [3.63, 3.8) is 0 Å². The fourth-order valence-corrected chi connectivity index (χ4v) is 3.25. The van der Waals surface area contributed by atoms with E-state index < -0.39 is 30.0 Å². The van der Waals surface area contributed by atoms with Crippen LogP contribution in [0.5, 0.6) is 5.75 Å². The summed E-state index contributed by atoms with van der Waals surface area (Å²) in [5.41, 5.74) is 0. The van der Waals surface area contributed by atoms with Crippen LogP contribution in [0.4, 0.5) is 0 Å². The summed E-state index contributed by atoms with van der Waals surface area (Å²) >= 11 is 0. The monoisotopic (exact) mass is 377 g/mol. The van der Waals surface area contributed by atoms with Crippen molar-refractivity contribution in [3.8, 4) is 5.75 Å². The molecule has 0 radical (unpaired) electrons. The molecule has 0 spiro atoms. The van der Waals surface area contributed by atoms with Gasteiger partial charge in [0.25, 0.3) is 20.2 Å². The quantitative estimate of drug-likeness (QED) is 0.590. The molecule has 0 saturated carbocycles. The third kappa shape index (κ3) is 5.42. The minimum Gasteiger partial charge on any atom is -0.508 e. The van der Waals surface area contributed by atoms with Crippen molar-refractivity contribution in [3.05, 3.63) is 30.3 Å². The number of hydrogen-bond acceptors (Lipinski definition) is 6. The maximum absolute atomic E-state index is 11.2. The van der Waals surface area contributed by atoms with Crippen LogP contribution >= 0.6 is 0 Å². The Balaban J connectivity index is 0.000000505. The zero-order valence-electron chi connectivity index (χ0n) is 13.1. The highest BCUT2D eigenvalue weighted by Gasteiger charge is 2.20. The van der Waals surface area contributed by atoms with E-state index in [1.807, 2.05) is 0 Å². The van der Waals surface area contributed by atoms with Gasteiger partial charge in [-0.2, -0.15) is 16.8 Å². The first kappa shape index (κ1) is 20.3. The van der Waals surface area contributed by atoms with E-state index in [4.69, 9.17) is 9.11 Å². The van der Waals surface area contributed by atoms with Gasteiger partial charge in [0, 0.05) is 5.39 Å². The molecule has 0 aromatic heterocycles. The molecule has 134 valence electrons. The molecule has 0 aliphatic rings. The van der Waals surface area contributed by atoms with E-state index in [2.05, 4.69) is 19.2 Å². The molecule has 10 heteroatoms. The Hall–Kier alpha value is -1.72. The molecule has 0 bridgehead atoms. The Labute approximate surface area is 140 Å². The average Bonchev–Trinajstić information content (AvgIpc) is 2.45. The van der Waals surface area contributed by atoms with Crippen LogP contribution in [-0.2, 0) is 20.2 Å². The average molecular weight is 377 g/mol. The van der Waals surface area contributed by atoms with Crippen molar-refractivity contribution in [2.75, 3.05) is 13.1 Å². The zero-order valence-corrected chi connectivity index (χ0v) is 14.7. The molecule has 4 N–H and O–H groups in total. The smallest absolute Gasteiger partial charge is 0.295 e. The Morgan fingerprint density at radius 3 is 1.92 bits per heavy atom. The van der Waals surface area contributed by atoms with Crippen molar-refractivity contribution in [1.82, 2.24) is 5.32 Å². The molecule has 24 heavy (non-hydrogen) atoms. The lowest BCUT2D eigenvalue weighted by Gasteiger charge is -2.07. The number of rotatable bonds is 4. The first-order valence-electron chi connectivity index (χ1n) is 6.93. The largest absolute Gasteiger partial charge is 0.508 e. The molecule has 0 amide bonds. The van der Waals surface area contributed by atoms with Gasteiger partial charge in [-0.15, -0.1) is 0 Å². The molecular weight excluding hydrogens is 358 g/mol. The van der Waals surface area contributed by atoms with Gasteiger partial charge in [0.2, 0.25) is 0 Å². The Morgan fingerprint density at radius 1 is 0.917 bits per heavy atom. The molecule has 8 nitrogen and oxygen atoms in total. The fourth-order valence-electron chi connectivity index (χ4n) is 1.90. The summed E-state index contributed by atoms with van der Waals surface area (Å²) in [7, 11) is -9.34. The highest BCUT2D eigenvalue weighted by atomic mass is 32.2. The van der Waals surface area contributed by atoms with Gasteiger partial charge in [0.05, 0.1) is 4.90 Å². The molecule has 0 aliphatic carbocycles. The van der Waals surface area contributed by atoms with Crippen LogP contribution in [0.15, 0.2) is 40.1 Å². The Morgan fingerprint density at radius 2 is 1.50 bits per heavy atom. The highest BCUT2D eigenvalue weighted by Crippen LogP contribution is 2.29. The van der Waals surface area contributed by atoms with Crippen molar-refractivity contribution in [2.45, 2.75) is 23.6 Å². The normalized spacial score (nSPS) is 11.8. The maximum Gasteiger partial charge on any atom is 0.295 e. The number of phenolic OH excluding ortho intramolecular Hbond substituents is 1. The summed E-state index contributed by atoms with van der Waals surface area (Å²) in [5, 5.41) is 12.5. The molecule has 2 aromatic carbocycles. The number of fused-ring (bicyclic) bond motifs is 1. The highest BCUT2D eigenvalue weighted by molar-refractivity contribution is 7.86. The third-order valence-electron chi connectivity index (χ3n) is 2.95. The second-order valence-electron chi connectivity index (χ2n) is 4.73. The van der Waals surface area contributed by atoms with Crippen LogP contribution in [-0.4, -0.2) is 44.1 Å². The second-order valence-corrected chi connectivity index (χ2v) is 7.55. The van der Waals surface area contributed by atoms with E-state index >= 15 is 0 Å². The van der Waals surface area contributed by atoms with E-state index in [0.29, 0.717) is 6.07 Å². The van der Waals surface area contributed by atoms with E-state index in [0.717, 1.165) is 25.2 Å². The molecular formula is C14H19NO7S2. The predicted octanol–water partition coefficient (Wildman–Crippen LogP) is 1.65. The number of nitrogens with one attached hydrogen (secondary N) is 1. The molecule has 2 rings (SSSR count). The number of hydrogen-bond donors (Lipinski definition) is 4. The molecule has 0 fully saturated rings. The SMILES string of the molecule is CCNCC.O=S(=O)(O)c1cc(S(=O)(=O)O)c2cc(O)ccc2c1. The van der Waals surface area contributed by atoms with Crippen molar-refractivity contribution >= 4 is 31.0 Å². The van der Waals surface area contributed by atoms with E-state index in [1.165, 1.54) is 12.1 Å². The standard InChI is InChI=1S/C10H8O7S2.C4H11N/c11-7-2-1-6-3-8(18(12,13)14)5-10(9(6)4-7)19(15,16)17;1-3-5-4-2/h1-5,11H,(H,12,13,14)(H,15,16,17);5H,3-4H2,1-2H3. The lowest BCUT2D eigenvalue weighted by atomic mass is 10.1. The topological polar surface area (TPSA) is 141 Å². The van der Waals surface area contributed by atoms with Gasteiger partial charge in [-0.05, 0) is 42.7 Å². The van der Waals surface area contributed by atoms with E-state index in [9.17, 15) is 21.9 Å². The third-order valence-corrected chi connectivity index (χ3v) is 4.67. The summed E-state index contributed by atoms with van der Waals surface area (Å²) in [6.07, 6.45) is 0. The van der Waals surface area contributed by atoms with Crippen molar-refractivity contribution in [2.24, 2.45) is 0 Å². The summed E-state index contributed by atoms with van der Waals surface area (Å²) in [6, 6.07) is 5.18. The van der Waals surface area contributed by atoms with Crippen molar-refractivity contribution in [1.29, 1.82) is 0 Å². The van der Waals surface area contributed by atoms with Crippen LogP contribution in [0.3, 0.4) is 0 Å². The van der Waals surface area contributed by atoms with Gasteiger partial charge >= 0.3 is 0 Å². The van der Waals surface area contributed by atoms with Gasteiger partial charge in [-0.1, -0.05) is 19.9 Å². The first-order valence-corrected chi connectivity index (χ1v) is 9.81. The molecule has 0 heterocycles. The van der Waals surface area contributed by atoms with E-state index in [1.54, 1.807) is 0 Å². The predicted molar refractivity (Wildman–Crippen MR) is 89.5 cm³/mol. The van der Waals surface area contributed by atoms with Crippen molar-refractivity contribution < 1.29 is 31.0 Å². The lowest BCUT2D eigenvalue weighted by Crippen LogP contribution is -2.09. The van der Waals surface area contributed by atoms with Gasteiger partial charge in [-0.25, -0.2) is 0 Å². The van der Waals surface area contributed by atoms with Crippen LogP contribution < -0.4 is 5.32 Å². The van der Waals surface area contributed by atoms with Crippen LogP contribution in [0.2, 0.25) is 0 Å². The molecule has 0 saturated heterocycles. The van der Waals surface area contributed by atoms with Gasteiger partial charge in [0.1, 0.15) is 10.6 Å². The maximum atomic E-state index is 11.2. The summed E-state index contributed by atoms with van der Waals surface area (Å²) < 4.78 is 62.6. The minimum absolute atomic E-state index is 0.0603. The molecule has 0 atom stereocenters. The van der Waals surface area contributed by atoms with E-state index in [-0.39, 0.29) is 16.5 Å². The van der Waals surface area contributed by atoms with Crippen LogP contribution in [0, 0.1) is 0 Å². The van der Waals surface area contributed by atoms with Gasteiger partial charge < -0.3 is 10.4 Å². The summed E-state index contributed by atoms with van der Waals surface area (Å²) in [5.74, 6) is -0.253. The number of benzene rings is 2. The van der Waals surface area contributed by atoms with Gasteiger partial charge in [-0.3, -0.25) is 9.11 Å². The molecule has 2 aromatic rings. The Kier molecular flexibility index (Phi) is 6.69. The minimum atomic E-state index is -4.72. The van der Waals surface area contributed by atoms with Crippen LogP contribution in [0.1, 0.15) is 13.8 Å². The molecule has 0 aliphatic heterocycles. The fraction of sp³-hybridized carbons (Fsp3) is 0.286. The summed E-state index contributed by atoms with van der Waals surface area (Å²) in [6.45, 7) is 6.39. The number of aromatic hydroxyl groups is 1. The first-order chi connectivity index (χ1) is 11.0. The molecule has 0 unspecified atom stereocenters. The number of phenols is 1.